The Balaban J connectivity index is 1.93. The molecule has 3 aromatic carbocycles. The fourth-order valence-electron chi connectivity index (χ4n) is 2.41. The lowest BCUT2D eigenvalue weighted by Crippen LogP contribution is -2.11. The molecule has 27 heavy (non-hydrogen) atoms. The van der Waals surface area contributed by atoms with Crippen molar-refractivity contribution in [2.75, 3.05) is 6.26 Å². The van der Waals surface area contributed by atoms with Gasteiger partial charge in [0.05, 0.1) is 9.92 Å². The molecule has 0 saturated heterocycles. The molecule has 0 amide bonds. The molecule has 0 bridgehead atoms. The largest absolute Gasteiger partial charge is 0.377 e. The minimum atomic E-state index is -4.24. The maximum absolute atomic E-state index is 12.5. The van der Waals surface area contributed by atoms with Crippen LogP contribution in [0.4, 0.5) is 0 Å². The highest BCUT2D eigenvalue weighted by atomic mass is 35.5. The second-order valence-corrected chi connectivity index (χ2v) is 9.76. The van der Waals surface area contributed by atoms with Gasteiger partial charge in [0.1, 0.15) is 4.90 Å². The molecule has 0 unspecified atom stereocenters. The summed E-state index contributed by atoms with van der Waals surface area (Å²) in [6.45, 7) is 0. The van der Waals surface area contributed by atoms with Gasteiger partial charge < -0.3 is 4.18 Å². The molecule has 3 rings (SSSR count). The second-order valence-electron chi connectivity index (χ2n) is 5.80. The summed E-state index contributed by atoms with van der Waals surface area (Å²) < 4.78 is 53.4. The van der Waals surface area contributed by atoms with Gasteiger partial charge >= 0.3 is 10.1 Å². The molecular weight excluding hydrogens is 408 g/mol. The topological polar surface area (TPSA) is 77.5 Å². The normalized spacial score (nSPS) is 11.9. The van der Waals surface area contributed by atoms with Crippen molar-refractivity contribution in [1.29, 1.82) is 0 Å². The minimum absolute atomic E-state index is 0.0406. The summed E-state index contributed by atoms with van der Waals surface area (Å²) >= 11 is 6.19. The SMILES string of the molecule is CS(=O)(=O)c1cccc(S(=O)(=O)Oc2ccc(-c3ccccc3)cc2Cl)c1. The molecule has 0 aliphatic heterocycles. The number of benzene rings is 3. The summed E-state index contributed by atoms with van der Waals surface area (Å²) in [6.07, 6.45) is 0.999. The van der Waals surface area contributed by atoms with Crippen molar-refractivity contribution in [3.8, 4) is 16.9 Å². The van der Waals surface area contributed by atoms with Gasteiger partial charge in [-0.05, 0) is 41.5 Å². The molecule has 0 aromatic heterocycles. The Morgan fingerprint density at radius 1 is 0.741 bits per heavy atom. The van der Waals surface area contributed by atoms with Gasteiger partial charge in [-0.15, -0.1) is 0 Å². The number of rotatable bonds is 5. The van der Waals surface area contributed by atoms with Gasteiger partial charge in [0.15, 0.2) is 15.6 Å². The molecular formula is C19H15ClO5S2. The van der Waals surface area contributed by atoms with Crippen molar-refractivity contribution in [2.45, 2.75) is 9.79 Å². The van der Waals surface area contributed by atoms with Gasteiger partial charge in [-0.1, -0.05) is 54.1 Å². The molecule has 0 aliphatic carbocycles. The summed E-state index contributed by atoms with van der Waals surface area (Å²) in [6, 6.07) is 19.2. The van der Waals surface area contributed by atoms with Gasteiger partial charge in [0.2, 0.25) is 0 Å². The molecule has 8 heteroatoms. The van der Waals surface area contributed by atoms with Gasteiger partial charge in [-0.2, -0.15) is 8.42 Å². The third kappa shape index (κ3) is 4.50. The van der Waals surface area contributed by atoms with Crippen LogP contribution in [-0.2, 0) is 20.0 Å². The highest BCUT2D eigenvalue weighted by Crippen LogP contribution is 2.32. The van der Waals surface area contributed by atoms with Crippen molar-refractivity contribution in [3.63, 3.8) is 0 Å². The third-order valence-corrected chi connectivity index (χ3v) is 6.40. The van der Waals surface area contributed by atoms with E-state index in [4.69, 9.17) is 15.8 Å². The Morgan fingerprint density at radius 3 is 2.04 bits per heavy atom. The van der Waals surface area contributed by atoms with E-state index in [9.17, 15) is 16.8 Å². The first kappa shape index (κ1) is 19.4. The zero-order valence-electron chi connectivity index (χ0n) is 14.2. The monoisotopic (exact) mass is 422 g/mol. The highest BCUT2D eigenvalue weighted by molar-refractivity contribution is 7.90. The number of sulfone groups is 1. The third-order valence-electron chi connectivity index (χ3n) is 3.76. The first-order valence-electron chi connectivity index (χ1n) is 7.76. The molecule has 0 fully saturated rings. The molecule has 0 heterocycles. The van der Waals surface area contributed by atoms with E-state index >= 15 is 0 Å². The van der Waals surface area contributed by atoms with Gasteiger partial charge in [0, 0.05) is 6.26 Å². The van der Waals surface area contributed by atoms with Crippen LogP contribution < -0.4 is 4.18 Å². The van der Waals surface area contributed by atoms with E-state index < -0.39 is 20.0 Å². The summed E-state index contributed by atoms with van der Waals surface area (Å²) in [5.41, 5.74) is 1.74. The van der Waals surface area contributed by atoms with Crippen molar-refractivity contribution in [3.05, 3.63) is 77.8 Å². The number of halogens is 1. The Bertz CT molecular complexity index is 1190. The fraction of sp³-hybridized carbons (Fsp3) is 0.0526. The van der Waals surface area contributed by atoms with E-state index in [2.05, 4.69) is 0 Å². The van der Waals surface area contributed by atoms with Crippen molar-refractivity contribution < 1.29 is 21.0 Å². The summed E-state index contributed by atoms with van der Waals surface area (Å²) in [5.74, 6) is -0.0406. The average Bonchev–Trinajstić information content (AvgIpc) is 2.63. The Morgan fingerprint density at radius 2 is 1.41 bits per heavy atom. The minimum Gasteiger partial charge on any atom is -0.377 e. The van der Waals surface area contributed by atoms with Crippen LogP contribution in [0.25, 0.3) is 11.1 Å². The Labute approximate surface area is 163 Å². The molecule has 5 nitrogen and oxygen atoms in total. The van der Waals surface area contributed by atoms with Gasteiger partial charge in [0.25, 0.3) is 0 Å². The standard InChI is InChI=1S/C19H15ClO5S2/c1-26(21,22)16-8-5-9-17(13-16)27(23,24)25-19-11-10-15(12-18(19)20)14-6-3-2-4-7-14/h2-13H,1H3. The number of hydrogen-bond acceptors (Lipinski definition) is 5. The summed E-state index contributed by atoms with van der Waals surface area (Å²) in [5, 5.41) is 0.124. The molecule has 3 aromatic rings. The van der Waals surface area contributed by atoms with E-state index in [1.165, 1.54) is 24.3 Å². The van der Waals surface area contributed by atoms with Crippen LogP contribution in [0.15, 0.2) is 82.6 Å². The molecule has 0 N–H and O–H groups in total. The number of hydrogen-bond donors (Lipinski definition) is 0. The first-order chi connectivity index (χ1) is 12.7. The van der Waals surface area contributed by atoms with E-state index in [-0.39, 0.29) is 20.6 Å². The quantitative estimate of drug-likeness (QED) is 0.576. The van der Waals surface area contributed by atoms with Crippen LogP contribution in [0.2, 0.25) is 5.02 Å². The van der Waals surface area contributed by atoms with Crippen LogP contribution >= 0.6 is 11.6 Å². The Kier molecular flexibility index (Phi) is 5.28. The first-order valence-corrected chi connectivity index (χ1v) is 11.4. The molecule has 0 aliphatic rings. The van der Waals surface area contributed by atoms with Crippen molar-refractivity contribution in [1.82, 2.24) is 0 Å². The van der Waals surface area contributed by atoms with Crippen molar-refractivity contribution >= 4 is 31.6 Å². The Hall–Kier alpha value is -2.35. The van der Waals surface area contributed by atoms with Gasteiger partial charge in [-0.25, -0.2) is 8.42 Å². The zero-order chi connectivity index (χ0) is 19.7. The maximum Gasteiger partial charge on any atom is 0.339 e. The smallest absolute Gasteiger partial charge is 0.339 e. The molecule has 140 valence electrons. The molecule has 0 radical (unpaired) electrons. The van der Waals surface area contributed by atoms with Crippen LogP contribution in [-0.4, -0.2) is 23.1 Å². The zero-order valence-corrected chi connectivity index (χ0v) is 16.6. The predicted octanol–water partition coefficient (Wildman–Crippen LogP) is 4.18. The van der Waals surface area contributed by atoms with Crippen LogP contribution in [0, 0.1) is 0 Å². The fourth-order valence-corrected chi connectivity index (χ4v) is 4.41. The molecule has 0 saturated carbocycles. The molecule has 0 spiro atoms. The van der Waals surface area contributed by atoms with Crippen molar-refractivity contribution in [2.24, 2.45) is 0 Å². The predicted molar refractivity (Wildman–Crippen MR) is 104 cm³/mol. The lowest BCUT2D eigenvalue weighted by molar-refractivity contribution is 0.486. The maximum atomic E-state index is 12.5. The summed E-state index contributed by atoms with van der Waals surface area (Å²) in [4.78, 5) is -0.383. The van der Waals surface area contributed by atoms with Crippen LogP contribution in [0.5, 0.6) is 5.75 Å². The van der Waals surface area contributed by atoms with E-state index in [1.807, 2.05) is 30.3 Å². The van der Waals surface area contributed by atoms with Crippen LogP contribution in [0.1, 0.15) is 0 Å². The van der Waals surface area contributed by atoms with E-state index in [0.717, 1.165) is 23.4 Å². The van der Waals surface area contributed by atoms with Gasteiger partial charge in [-0.3, -0.25) is 0 Å². The molecule has 0 atom stereocenters. The highest BCUT2D eigenvalue weighted by Gasteiger charge is 2.20. The summed E-state index contributed by atoms with van der Waals surface area (Å²) in [7, 11) is -7.79. The lowest BCUT2D eigenvalue weighted by Gasteiger charge is -2.11. The van der Waals surface area contributed by atoms with E-state index in [1.54, 1.807) is 12.1 Å². The lowest BCUT2D eigenvalue weighted by atomic mass is 10.1. The second kappa shape index (κ2) is 7.34. The average molecular weight is 423 g/mol. The van der Waals surface area contributed by atoms with Crippen LogP contribution in [0.3, 0.4) is 0 Å². The van der Waals surface area contributed by atoms with E-state index in [0.29, 0.717) is 0 Å².